The third-order valence-electron chi connectivity index (χ3n) is 10.1. The first-order valence-corrected chi connectivity index (χ1v) is 17.9. The number of carbonyl (C=O) groups is 3. The van der Waals surface area contributed by atoms with Crippen LogP contribution in [0.1, 0.15) is 28.4 Å². The maximum atomic E-state index is 15.8. The van der Waals surface area contributed by atoms with E-state index in [9.17, 15) is 24.0 Å². The number of aryl methyl sites for hydroxylation is 2. The van der Waals surface area contributed by atoms with Crippen LogP contribution in [0.5, 0.6) is 0 Å². The molecule has 0 spiro atoms. The number of hydrogen-bond donors (Lipinski definition) is 1. The van der Waals surface area contributed by atoms with Gasteiger partial charge in [0, 0.05) is 62.6 Å². The van der Waals surface area contributed by atoms with Gasteiger partial charge in [0.1, 0.15) is 11.9 Å². The second-order valence-corrected chi connectivity index (χ2v) is 13.6. The maximum Gasteiger partial charge on any atom is 0.335 e. The van der Waals surface area contributed by atoms with Crippen molar-refractivity contribution in [3.8, 4) is 5.69 Å². The molecule has 2 aromatic carbocycles. The SMILES string of the molecule is Cc1cc(N2CCOC[C@@H]2C)cc(F)c1C(=O)N[C@@H](Cc1ccc(-n2c(=O)c3ccncc3n(C)c2=O)c2ncccc12)C(=O)OCC(=O)N1CCOCC1. The lowest BCUT2D eigenvalue weighted by molar-refractivity contribution is -0.155. The molecule has 5 heterocycles. The average molecular weight is 754 g/mol. The van der Waals surface area contributed by atoms with Gasteiger partial charge >= 0.3 is 11.7 Å². The molecule has 5 aromatic rings. The highest BCUT2D eigenvalue weighted by Crippen LogP contribution is 2.27. The Balaban J connectivity index is 1.23. The number of nitrogens with zero attached hydrogens (tertiary/aromatic N) is 6. The number of carbonyl (C=O) groups excluding carboxylic acids is 3. The van der Waals surface area contributed by atoms with Crippen LogP contribution in [-0.2, 0) is 37.3 Å². The number of fused-ring (bicyclic) bond motifs is 2. The molecule has 55 heavy (non-hydrogen) atoms. The van der Waals surface area contributed by atoms with E-state index in [1.54, 1.807) is 37.3 Å². The zero-order valence-corrected chi connectivity index (χ0v) is 30.6. The average Bonchev–Trinajstić information content (AvgIpc) is 3.19. The molecule has 3 aromatic heterocycles. The van der Waals surface area contributed by atoms with Gasteiger partial charge in [0.25, 0.3) is 17.4 Å². The van der Waals surface area contributed by atoms with E-state index in [0.717, 1.165) is 4.57 Å². The minimum absolute atomic E-state index is 0.00225. The number of benzene rings is 2. The number of hydrogen-bond acceptors (Lipinski definition) is 11. The van der Waals surface area contributed by atoms with Gasteiger partial charge in [-0.1, -0.05) is 12.1 Å². The Kier molecular flexibility index (Phi) is 10.7. The van der Waals surface area contributed by atoms with Crippen LogP contribution in [0, 0.1) is 12.7 Å². The summed E-state index contributed by atoms with van der Waals surface area (Å²) in [6, 6.07) is 9.70. The molecule has 2 aliphatic heterocycles. The summed E-state index contributed by atoms with van der Waals surface area (Å²) in [4.78, 5) is 79.9. The first kappa shape index (κ1) is 37.3. The van der Waals surface area contributed by atoms with Crippen molar-refractivity contribution in [2.75, 3.05) is 57.6 Å². The Bertz CT molecular complexity index is 2400. The Hall–Kier alpha value is -6.00. The molecule has 2 atom stereocenters. The van der Waals surface area contributed by atoms with E-state index in [2.05, 4.69) is 15.3 Å². The van der Waals surface area contributed by atoms with Crippen molar-refractivity contribution in [2.45, 2.75) is 32.4 Å². The monoisotopic (exact) mass is 753 g/mol. The van der Waals surface area contributed by atoms with Crippen molar-refractivity contribution in [3.05, 3.63) is 104 Å². The van der Waals surface area contributed by atoms with E-state index in [1.165, 1.54) is 47.2 Å². The number of halogens is 1. The number of aromatic nitrogens is 4. The first-order valence-electron chi connectivity index (χ1n) is 17.9. The van der Waals surface area contributed by atoms with Crippen LogP contribution in [0.3, 0.4) is 0 Å². The summed E-state index contributed by atoms with van der Waals surface area (Å²) in [5.41, 5.74) is 0.893. The smallest absolute Gasteiger partial charge is 0.335 e. The highest BCUT2D eigenvalue weighted by Gasteiger charge is 2.30. The minimum Gasteiger partial charge on any atom is -0.454 e. The molecular weight excluding hydrogens is 713 g/mol. The van der Waals surface area contributed by atoms with Gasteiger partial charge in [0.05, 0.1) is 60.3 Å². The first-order chi connectivity index (χ1) is 26.5. The minimum atomic E-state index is -1.39. The van der Waals surface area contributed by atoms with Crippen molar-refractivity contribution < 1.29 is 33.0 Å². The molecule has 2 fully saturated rings. The van der Waals surface area contributed by atoms with Crippen molar-refractivity contribution in [1.82, 2.24) is 29.3 Å². The Morgan fingerprint density at radius 3 is 2.56 bits per heavy atom. The fourth-order valence-corrected chi connectivity index (χ4v) is 7.15. The molecule has 15 nitrogen and oxygen atoms in total. The summed E-state index contributed by atoms with van der Waals surface area (Å²) >= 11 is 0. The number of amides is 2. The second-order valence-electron chi connectivity index (χ2n) is 13.6. The van der Waals surface area contributed by atoms with Crippen molar-refractivity contribution in [3.63, 3.8) is 0 Å². The molecule has 0 saturated carbocycles. The number of rotatable bonds is 9. The lowest BCUT2D eigenvalue weighted by atomic mass is 9.99. The van der Waals surface area contributed by atoms with Gasteiger partial charge < -0.3 is 29.3 Å². The van der Waals surface area contributed by atoms with Crippen LogP contribution in [0.2, 0.25) is 0 Å². The highest BCUT2D eigenvalue weighted by molar-refractivity contribution is 5.99. The Morgan fingerprint density at radius 1 is 1.02 bits per heavy atom. The predicted molar refractivity (Wildman–Crippen MR) is 200 cm³/mol. The predicted octanol–water partition coefficient (Wildman–Crippen LogP) is 2.05. The van der Waals surface area contributed by atoms with Gasteiger partial charge in [0.2, 0.25) is 0 Å². The van der Waals surface area contributed by atoms with Gasteiger partial charge in [-0.25, -0.2) is 18.5 Å². The maximum absolute atomic E-state index is 15.8. The van der Waals surface area contributed by atoms with Gasteiger partial charge in [0.15, 0.2) is 6.61 Å². The molecule has 0 aliphatic carbocycles. The molecule has 286 valence electrons. The number of nitrogens with one attached hydrogen (secondary N) is 1. The van der Waals surface area contributed by atoms with Crippen LogP contribution in [0.25, 0.3) is 27.5 Å². The number of pyridine rings is 2. The molecular formula is C39H40FN7O8. The number of esters is 1. The van der Waals surface area contributed by atoms with Crippen molar-refractivity contribution in [1.29, 1.82) is 0 Å². The highest BCUT2D eigenvalue weighted by atomic mass is 19.1. The lowest BCUT2D eigenvalue weighted by Crippen LogP contribution is -2.46. The van der Waals surface area contributed by atoms with Crippen LogP contribution in [0.4, 0.5) is 10.1 Å². The normalized spacial score (nSPS) is 16.6. The molecule has 2 saturated heterocycles. The quantitative estimate of drug-likeness (QED) is 0.219. The summed E-state index contributed by atoms with van der Waals surface area (Å²) in [7, 11) is 1.54. The summed E-state index contributed by atoms with van der Waals surface area (Å²) < 4.78 is 34.5. The number of anilines is 1. The molecule has 16 heteroatoms. The van der Waals surface area contributed by atoms with Crippen LogP contribution in [0.15, 0.2) is 70.6 Å². The zero-order valence-electron chi connectivity index (χ0n) is 30.6. The van der Waals surface area contributed by atoms with E-state index in [1.807, 2.05) is 11.8 Å². The molecule has 0 bridgehead atoms. The number of morpholine rings is 2. The van der Waals surface area contributed by atoms with E-state index >= 15 is 4.39 Å². The molecule has 0 unspecified atom stereocenters. The van der Waals surface area contributed by atoms with Crippen molar-refractivity contribution in [2.24, 2.45) is 7.05 Å². The van der Waals surface area contributed by atoms with Crippen LogP contribution < -0.4 is 21.5 Å². The van der Waals surface area contributed by atoms with E-state index in [0.29, 0.717) is 73.8 Å². The zero-order chi connectivity index (χ0) is 38.8. The molecule has 2 aliphatic rings. The molecule has 1 N–H and O–H groups in total. The van der Waals surface area contributed by atoms with Crippen molar-refractivity contribution >= 4 is 45.3 Å². The fraction of sp³-hybridized carbons (Fsp3) is 0.359. The van der Waals surface area contributed by atoms with Crippen LogP contribution >= 0.6 is 0 Å². The van der Waals surface area contributed by atoms with E-state index in [4.69, 9.17) is 14.2 Å². The van der Waals surface area contributed by atoms with Gasteiger partial charge in [-0.2, -0.15) is 0 Å². The molecule has 2 amide bonds. The fourth-order valence-electron chi connectivity index (χ4n) is 7.15. The topological polar surface area (TPSA) is 167 Å². The summed E-state index contributed by atoms with van der Waals surface area (Å²) in [5, 5.41) is 3.42. The Labute approximate surface area is 314 Å². The third-order valence-corrected chi connectivity index (χ3v) is 10.1. The third kappa shape index (κ3) is 7.42. The van der Waals surface area contributed by atoms with E-state index in [-0.39, 0.29) is 34.6 Å². The number of ether oxygens (including phenoxy) is 3. The summed E-state index contributed by atoms with van der Waals surface area (Å²) in [6.07, 6.45) is 4.25. The summed E-state index contributed by atoms with van der Waals surface area (Å²) in [6.45, 7) is 5.96. The molecule has 0 radical (unpaired) electrons. The standard InChI is InChI=1S/C39H40FN7O8/c1-23-17-26(46-13-16-54-21-24(46)2)19-29(40)34(23)36(49)43-30(38(51)55-22-33(48)45-11-14-53-15-12-45)18-25-6-7-31(35-27(25)5-4-9-42-35)47-37(50)28-8-10-41-20-32(28)44(3)39(47)52/h4-10,17,19-20,24,30H,11-16,18,21-22H2,1-3H3,(H,43,49)/t24-,30-/m0/s1. The van der Waals surface area contributed by atoms with Gasteiger partial charge in [-0.15, -0.1) is 0 Å². The Morgan fingerprint density at radius 2 is 1.80 bits per heavy atom. The largest absolute Gasteiger partial charge is 0.454 e. The van der Waals surface area contributed by atoms with E-state index < -0.39 is 47.5 Å². The van der Waals surface area contributed by atoms with Gasteiger partial charge in [-0.05, 0) is 55.3 Å². The second kappa shape index (κ2) is 15.8. The van der Waals surface area contributed by atoms with Crippen LogP contribution in [-0.4, -0.2) is 107 Å². The lowest BCUT2D eigenvalue weighted by Gasteiger charge is -2.35. The van der Waals surface area contributed by atoms with Gasteiger partial charge in [-0.3, -0.25) is 28.9 Å². The summed E-state index contributed by atoms with van der Waals surface area (Å²) in [5.74, 6) is -2.95. The molecule has 7 rings (SSSR count).